The minimum absolute atomic E-state index is 0.249. The van der Waals surface area contributed by atoms with Crippen molar-refractivity contribution in [2.75, 3.05) is 6.61 Å². The summed E-state index contributed by atoms with van der Waals surface area (Å²) in [4.78, 5) is 11.5. The molecule has 0 bridgehead atoms. The largest absolute Gasteiger partial charge is 0.465 e. The number of carbonyl (C=O) groups excluding carboxylic acids is 1. The molecule has 0 N–H and O–H groups in total. The Balaban J connectivity index is 2.86. The van der Waals surface area contributed by atoms with Crippen molar-refractivity contribution in [1.82, 2.24) is 0 Å². The molecule has 0 aliphatic heterocycles. The van der Waals surface area contributed by atoms with Crippen LogP contribution in [0.25, 0.3) is 0 Å². The topological polar surface area (TPSA) is 73.9 Å². The smallest absolute Gasteiger partial charge is 0.324 e. The minimum Gasteiger partial charge on any atom is -0.465 e. The predicted molar refractivity (Wildman–Crippen MR) is 52.3 cm³/mol. The van der Waals surface area contributed by atoms with E-state index in [0.717, 1.165) is 12.8 Å². The van der Waals surface area contributed by atoms with Crippen molar-refractivity contribution < 1.29 is 9.53 Å². The third-order valence-electron chi connectivity index (χ3n) is 2.92. The number of hydrogen-bond acceptors (Lipinski definition) is 4. The quantitative estimate of drug-likeness (QED) is 0.659. The predicted octanol–water partition coefficient (Wildman–Crippen LogP) is 1.77. The number of nitrogens with zero attached hydrogens (tertiary/aromatic N) is 2. The molecular weight excluding hydrogens is 192 g/mol. The van der Waals surface area contributed by atoms with Crippen molar-refractivity contribution in [2.45, 2.75) is 32.6 Å². The van der Waals surface area contributed by atoms with Crippen molar-refractivity contribution in [1.29, 1.82) is 10.5 Å². The Hall–Kier alpha value is -1.55. The third-order valence-corrected chi connectivity index (χ3v) is 2.92. The van der Waals surface area contributed by atoms with Gasteiger partial charge in [-0.3, -0.25) is 4.79 Å². The molecule has 1 unspecified atom stereocenters. The highest BCUT2D eigenvalue weighted by molar-refractivity contribution is 5.77. The molecule has 15 heavy (non-hydrogen) atoms. The van der Waals surface area contributed by atoms with Crippen LogP contribution in [-0.2, 0) is 9.53 Å². The molecule has 0 aromatic rings. The van der Waals surface area contributed by atoms with E-state index < -0.39 is 17.3 Å². The molecule has 4 nitrogen and oxygen atoms in total. The van der Waals surface area contributed by atoms with Gasteiger partial charge in [-0.25, -0.2) is 0 Å². The summed E-state index contributed by atoms with van der Waals surface area (Å²) in [5, 5.41) is 18.1. The van der Waals surface area contributed by atoms with Gasteiger partial charge >= 0.3 is 5.97 Å². The third kappa shape index (κ3) is 2.10. The summed E-state index contributed by atoms with van der Waals surface area (Å²) in [6.07, 6.45) is 3.07. The fourth-order valence-corrected chi connectivity index (χ4v) is 2.10. The minimum atomic E-state index is -0.926. The van der Waals surface area contributed by atoms with E-state index in [0.29, 0.717) is 12.8 Å². The van der Waals surface area contributed by atoms with Gasteiger partial charge in [0.15, 0.2) is 5.92 Å². The van der Waals surface area contributed by atoms with E-state index in [9.17, 15) is 4.79 Å². The Morgan fingerprint density at radius 3 is 2.47 bits per heavy atom. The molecule has 1 aliphatic carbocycles. The molecule has 0 aromatic carbocycles. The molecule has 0 amide bonds. The second-order valence-corrected chi connectivity index (χ2v) is 3.79. The summed E-state index contributed by atoms with van der Waals surface area (Å²) in [6.45, 7) is 1.94. The second-order valence-electron chi connectivity index (χ2n) is 3.79. The molecule has 1 saturated carbocycles. The van der Waals surface area contributed by atoms with Crippen LogP contribution < -0.4 is 0 Å². The van der Waals surface area contributed by atoms with Crippen molar-refractivity contribution in [3.05, 3.63) is 0 Å². The van der Waals surface area contributed by atoms with Gasteiger partial charge in [0.2, 0.25) is 0 Å². The molecule has 0 aromatic heterocycles. The summed E-state index contributed by atoms with van der Waals surface area (Å²) < 4.78 is 4.82. The lowest BCUT2D eigenvalue weighted by Crippen LogP contribution is -2.32. The summed E-state index contributed by atoms with van der Waals surface area (Å²) in [5.74, 6) is -1.48. The lowest BCUT2D eigenvalue weighted by Gasteiger charge is -2.23. The van der Waals surface area contributed by atoms with Gasteiger partial charge in [-0.1, -0.05) is 12.8 Å². The Kier molecular flexibility index (Phi) is 3.68. The van der Waals surface area contributed by atoms with Crippen LogP contribution in [0.15, 0.2) is 0 Å². The van der Waals surface area contributed by atoms with Crippen LogP contribution in [0.2, 0.25) is 0 Å². The first kappa shape index (κ1) is 11.5. The molecule has 1 rings (SSSR count). The van der Waals surface area contributed by atoms with E-state index in [4.69, 9.17) is 15.3 Å². The van der Waals surface area contributed by atoms with Gasteiger partial charge in [0, 0.05) is 0 Å². The molecule has 1 fully saturated rings. The van der Waals surface area contributed by atoms with E-state index in [1.165, 1.54) is 0 Å². The summed E-state index contributed by atoms with van der Waals surface area (Å²) >= 11 is 0. The van der Waals surface area contributed by atoms with Crippen molar-refractivity contribution >= 4 is 5.97 Å². The van der Waals surface area contributed by atoms with Gasteiger partial charge in [-0.15, -0.1) is 0 Å². The zero-order valence-electron chi connectivity index (χ0n) is 8.82. The van der Waals surface area contributed by atoms with Crippen LogP contribution in [0.1, 0.15) is 32.6 Å². The zero-order chi connectivity index (χ0) is 11.3. The SMILES string of the molecule is CCOC(=O)C(C#N)C1(C#N)CCCC1. The highest BCUT2D eigenvalue weighted by atomic mass is 16.5. The summed E-state index contributed by atoms with van der Waals surface area (Å²) in [7, 11) is 0. The average Bonchev–Trinajstić information content (AvgIpc) is 2.69. The average molecular weight is 206 g/mol. The van der Waals surface area contributed by atoms with Crippen LogP contribution >= 0.6 is 0 Å². The van der Waals surface area contributed by atoms with E-state index in [1.54, 1.807) is 6.92 Å². The maximum absolute atomic E-state index is 11.5. The number of hydrogen-bond donors (Lipinski definition) is 0. The molecule has 0 heterocycles. The number of rotatable bonds is 3. The highest BCUT2D eigenvalue weighted by Gasteiger charge is 2.46. The zero-order valence-corrected chi connectivity index (χ0v) is 8.82. The Labute approximate surface area is 89.4 Å². The molecule has 0 radical (unpaired) electrons. The summed E-state index contributed by atoms with van der Waals surface area (Å²) in [6, 6.07) is 4.07. The number of carbonyl (C=O) groups is 1. The normalized spacial score (nSPS) is 19.9. The van der Waals surface area contributed by atoms with E-state index >= 15 is 0 Å². The number of esters is 1. The monoisotopic (exact) mass is 206 g/mol. The number of ether oxygens (including phenoxy) is 1. The van der Waals surface area contributed by atoms with Gasteiger partial charge in [0.25, 0.3) is 0 Å². The molecule has 1 atom stereocenters. The van der Waals surface area contributed by atoms with Gasteiger partial charge in [0.05, 0.1) is 24.2 Å². The standard InChI is InChI=1S/C11H14N2O2/c1-2-15-10(14)9(7-12)11(8-13)5-3-4-6-11/h9H,2-6H2,1H3. The Morgan fingerprint density at radius 1 is 1.47 bits per heavy atom. The van der Waals surface area contributed by atoms with Crippen molar-refractivity contribution in [2.24, 2.45) is 11.3 Å². The van der Waals surface area contributed by atoms with Crippen LogP contribution in [-0.4, -0.2) is 12.6 Å². The van der Waals surface area contributed by atoms with Gasteiger partial charge in [0.1, 0.15) is 0 Å². The van der Waals surface area contributed by atoms with Crippen LogP contribution in [0, 0.1) is 34.0 Å². The highest BCUT2D eigenvalue weighted by Crippen LogP contribution is 2.44. The number of nitriles is 2. The maximum atomic E-state index is 11.5. The van der Waals surface area contributed by atoms with Gasteiger partial charge < -0.3 is 4.74 Å². The Bertz CT molecular complexity index is 318. The first-order valence-corrected chi connectivity index (χ1v) is 5.17. The molecule has 4 heteroatoms. The maximum Gasteiger partial charge on any atom is 0.324 e. The fourth-order valence-electron chi connectivity index (χ4n) is 2.10. The Morgan fingerprint density at radius 2 is 2.07 bits per heavy atom. The van der Waals surface area contributed by atoms with E-state index in [-0.39, 0.29) is 6.61 Å². The fraction of sp³-hybridized carbons (Fsp3) is 0.727. The lowest BCUT2D eigenvalue weighted by molar-refractivity contribution is -0.148. The molecule has 0 spiro atoms. The second kappa shape index (κ2) is 4.79. The molecule has 0 saturated heterocycles. The first-order valence-electron chi connectivity index (χ1n) is 5.17. The van der Waals surface area contributed by atoms with Crippen LogP contribution in [0.5, 0.6) is 0 Å². The van der Waals surface area contributed by atoms with Crippen LogP contribution in [0.3, 0.4) is 0 Å². The molecule has 80 valence electrons. The van der Waals surface area contributed by atoms with Gasteiger partial charge in [-0.2, -0.15) is 10.5 Å². The molecular formula is C11H14N2O2. The van der Waals surface area contributed by atoms with E-state index in [1.807, 2.05) is 6.07 Å². The van der Waals surface area contributed by atoms with E-state index in [2.05, 4.69) is 6.07 Å². The first-order chi connectivity index (χ1) is 7.20. The van der Waals surface area contributed by atoms with Gasteiger partial charge in [-0.05, 0) is 19.8 Å². The molecule has 1 aliphatic rings. The lowest BCUT2D eigenvalue weighted by atomic mass is 9.76. The van der Waals surface area contributed by atoms with Crippen molar-refractivity contribution in [3.8, 4) is 12.1 Å². The summed E-state index contributed by atoms with van der Waals surface area (Å²) in [5.41, 5.74) is -0.805. The van der Waals surface area contributed by atoms with Crippen molar-refractivity contribution in [3.63, 3.8) is 0 Å². The van der Waals surface area contributed by atoms with Crippen LogP contribution in [0.4, 0.5) is 0 Å².